The zero-order valence-electron chi connectivity index (χ0n) is 44.1. The molecule has 1 N–H and O–H groups in total. The summed E-state index contributed by atoms with van der Waals surface area (Å²) < 4.78 is 21.5. The van der Waals surface area contributed by atoms with Crippen LogP contribution in [0.1, 0.15) is 273 Å². The summed E-state index contributed by atoms with van der Waals surface area (Å²) >= 11 is 0. The van der Waals surface area contributed by atoms with Gasteiger partial charge in [-0.05, 0) is 47.0 Å². The number of rotatable bonds is 43. The highest BCUT2D eigenvalue weighted by Gasteiger charge is 2.29. The molecule has 1 rings (SSSR count). The van der Waals surface area contributed by atoms with Gasteiger partial charge in [-0.15, -0.1) is 0 Å². The van der Waals surface area contributed by atoms with Gasteiger partial charge in [-0.3, -0.25) is 19.2 Å². The fraction of sp³-hybridized carbons (Fsp3) is 0.927. The molecule has 0 saturated carbocycles. The molecule has 0 radical (unpaired) electrons. The second-order valence-corrected chi connectivity index (χ2v) is 20.3. The van der Waals surface area contributed by atoms with Crippen molar-refractivity contribution >= 4 is 23.8 Å². The molecule has 1 saturated heterocycles. The van der Waals surface area contributed by atoms with E-state index in [2.05, 4.69) is 23.9 Å². The quantitative estimate of drug-likeness (QED) is 0.0474. The number of esters is 2. The van der Waals surface area contributed by atoms with Gasteiger partial charge in [0.1, 0.15) is 6.10 Å². The smallest absolute Gasteiger partial charge is 0.306 e. The van der Waals surface area contributed by atoms with E-state index in [1.807, 2.05) is 32.6 Å². The number of amides is 2. The minimum Gasteiger partial charge on any atom is -0.469 e. The summed E-state index contributed by atoms with van der Waals surface area (Å²) in [6.45, 7) is 14.5. The van der Waals surface area contributed by atoms with E-state index in [0.717, 1.165) is 19.3 Å². The van der Waals surface area contributed by atoms with Gasteiger partial charge in [0.2, 0.25) is 11.8 Å². The van der Waals surface area contributed by atoms with E-state index >= 15 is 0 Å². The lowest BCUT2D eigenvalue weighted by molar-refractivity contribution is -0.150. The first-order valence-corrected chi connectivity index (χ1v) is 27.3. The van der Waals surface area contributed by atoms with Gasteiger partial charge >= 0.3 is 11.9 Å². The molecule has 1 heterocycles. The lowest BCUT2D eigenvalue weighted by Crippen LogP contribution is -2.38. The zero-order chi connectivity index (χ0) is 48.3. The average Bonchev–Trinajstić information content (AvgIpc) is 3.76. The van der Waals surface area contributed by atoms with E-state index in [1.165, 1.54) is 180 Å². The Hall–Kier alpha value is -2.20. The Morgan fingerprint density at radius 3 is 1.35 bits per heavy atom. The summed E-state index contributed by atoms with van der Waals surface area (Å²) in [6.07, 6.45) is 42.3. The molecular weight excluding hydrogens is 817 g/mol. The highest BCUT2D eigenvalue weighted by atomic mass is 16.6. The molecule has 384 valence electrons. The van der Waals surface area contributed by atoms with Crippen molar-refractivity contribution in [2.75, 3.05) is 40.5 Å². The maximum absolute atomic E-state index is 12.6. The van der Waals surface area contributed by atoms with E-state index in [-0.39, 0.29) is 48.3 Å². The number of methoxy groups -OCH3 is 2. The van der Waals surface area contributed by atoms with Crippen LogP contribution in [0, 0.1) is 0 Å². The molecule has 0 spiro atoms. The van der Waals surface area contributed by atoms with Crippen LogP contribution in [0.3, 0.4) is 0 Å². The van der Waals surface area contributed by atoms with E-state index in [9.17, 15) is 19.2 Å². The van der Waals surface area contributed by atoms with Gasteiger partial charge in [0.25, 0.3) is 0 Å². The molecule has 0 aromatic heterocycles. The van der Waals surface area contributed by atoms with Crippen LogP contribution in [0.25, 0.3) is 0 Å². The third-order valence-corrected chi connectivity index (χ3v) is 13.0. The maximum atomic E-state index is 12.6. The predicted molar refractivity (Wildman–Crippen MR) is 270 cm³/mol. The third kappa shape index (κ3) is 41.7. The van der Waals surface area contributed by atoms with Crippen LogP contribution < -0.4 is 5.32 Å². The van der Waals surface area contributed by atoms with Crippen LogP contribution >= 0.6 is 0 Å². The van der Waals surface area contributed by atoms with Gasteiger partial charge in [-0.1, -0.05) is 194 Å². The molecule has 0 bridgehead atoms. The highest BCUT2D eigenvalue weighted by Crippen LogP contribution is 2.20. The van der Waals surface area contributed by atoms with Crippen molar-refractivity contribution in [3.05, 3.63) is 0 Å². The monoisotopic (exact) mass is 923 g/mol. The van der Waals surface area contributed by atoms with E-state index in [1.54, 1.807) is 7.11 Å². The normalized spacial score (nSPS) is 14.0. The zero-order valence-corrected chi connectivity index (χ0v) is 44.1. The van der Waals surface area contributed by atoms with Gasteiger partial charge in [0, 0.05) is 45.9 Å². The van der Waals surface area contributed by atoms with E-state index in [4.69, 9.17) is 14.2 Å². The molecule has 10 nitrogen and oxygen atoms in total. The molecule has 65 heavy (non-hydrogen) atoms. The number of ether oxygens (including phenoxy) is 4. The van der Waals surface area contributed by atoms with Crippen LogP contribution in [-0.4, -0.2) is 86.4 Å². The first-order chi connectivity index (χ1) is 31.3. The first kappa shape index (κ1) is 62.8. The van der Waals surface area contributed by atoms with E-state index in [0.29, 0.717) is 51.9 Å². The summed E-state index contributed by atoms with van der Waals surface area (Å²) in [7, 11) is 3.12. The molecule has 10 heteroatoms. The van der Waals surface area contributed by atoms with Gasteiger partial charge in [-0.25, -0.2) is 0 Å². The fourth-order valence-electron chi connectivity index (χ4n) is 8.15. The number of carbonyl (C=O) groups is 4. The summed E-state index contributed by atoms with van der Waals surface area (Å²) in [5.74, 6) is -0.464. The number of nitrogens with zero attached hydrogens (tertiary/aromatic N) is 1. The second kappa shape index (κ2) is 43.1. The lowest BCUT2D eigenvalue weighted by atomic mass is 10.0. The molecule has 1 aliphatic rings. The predicted octanol–water partition coefficient (Wildman–Crippen LogP) is 14.3. The van der Waals surface area contributed by atoms with Crippen LogP contribution in [0.15, 0.2) is 0 Å². The largest absolute Gasteiger partial charge is 0.469 e. The minimum absolute atomic E-state index is 0.0390. The van der Waals surface area contributed by atoms with Gasteiger partial charge in [0.15, 0.2) is 0 Å². The molecular formula is C55H106N2O8. The number of carbonyl (C=O) groups excluding carboxylic acids is 4. The van der Waals surface area contributed by atoms with Crippen molar-refractivity contribution < 1.29 is 38.1 Å². The molecule has 1 fully saturated rings. The lowest BCUT2D eigenvalue weighted by Gasteiger charge is -2.31. The number of hydrogen-bond donors (Lipinski definition) is 1. The summed E-state index contributed by atoms with van der Waals surface area (Å²) in [5, 5.41) is 2.86. The van der Waals surface area contributed by atoms with Crippen molar-refractivity contribution in [2.24, 2.45) is 0 Å². The summed E-state index contributed by atoms with van der Waals surface area (Å²) in [5.41, 5.74) is -0.768. The van der Waals surface area contributed by atoms with Crippen LogP contribution in [0.2, 0.25) is 0 Å². The van der Waals surface area contributed by atoms with Gasteiger partial charge < -0.3 is 29.2 Å². The molecule has 1 atom stereocenters. The standard InChI is InChI=1S/C36H68N2O6.C19H38O2/c1-7-8-9-10-11-12-13-14-15-16-17-18-19-20-21-22-33(40)38-28-25-31(29-38)44-34(41)24-23-32(39)37-27-26-35(2,3)43-30-36(4,5)42-6;1-3-4-5-6-7-8-9-10-11-12-13-14-15-16-17-18-19(20)21-2/h31H,7-30H2,1-6H3,(H,37,39);3-18H2,1-2H3. The number of likely N-dealkylation sites (tertiary alicyclic amines) is 1. The Bertz CT molecular complexity index is 1140. The van der Waals surface area contributed by atoms with Crippen molar-refractivity contribution in [2.45, 2.75) is 290 Å². The number of unbranched alkanes of at least 4 members (excludes halogenated alkanes) is 28. The molecule has 0 aromatic carbocycles. The van der Waals surface area contributed by atoms with Crippen molar-refractivity contribution in [3.8, 4) is 0 Å². The Labute approximate surface area is 401 Å². The van der Waals surface area contributed by atoms with Crippen LogP contribution in [0.4, 0.5) is 0 Å². The molecule has 1 aliphatic heterocycles. The maximum Gasteiger partial charge on any atom is 0.306 e. The molecule has 0 aromatic rings. The Balaban J connectivity index is 0.00000163. The molecule has 1 unspecified atom stereocenters. The molecule has 2 amide bonds. The summed E-state index contributed by atoms with van der Waals surface area (Å²) in [6, 6.07) is 0. The van der Waals surface area contributed by atoms with Gasteiger partial charge in [-0.2, -0.15) is 0 Å². The molecule has 0 aliphatic carbocycles. The van der Waals surface area contributed by atoms with Crippen molar-refractivity contribution in [1.82, 2.24) is 10.2 Å². The third-order valence-electron chi connectivity index (χ3n) is 13.0. The average molecular weight is 923 g/mol. The minimum atomic E-state index is -0.403. The van der Waals surface area contributed by atoms with Gasteiger partial charge in [0.05, 0.1) is 37.9 Å². The highest BCUT2D eigenvalue weighted by molar-refractivity contribution is 5.81. The first-order valence-electron chi connectivity index (χ1n) is 27.3. The number of nitrogens with one attached hydrogen (secondary N) is 1. The van der Waals surface area contributed by atoms with Crippen LogP contribution in [-0.2, 0) is 38.1 Å². The van der Waals surface area contributed by atoms with E-state index < -0.39 is 5.60 Å². The Kier molecular flexibility index (Phi) is 41.6. The second-order valence-electron chi connectivity index (χ2n) is 20.3. The topological polar surface area (TPSA) is 120 Å². The number of hydrogen-bond acceptors (Lipinski definition) is 8. The Morgan fingerprint density at radius 2 is 0.938 bits per heavy atom. The summed E-state index contributed by atoms with van der Waals surface area (Å²) in [4.78, 5) is 49.9. The SMILES string of the molecule is CCCCCCCCCCCCCCCCCC(=O)N1CCC(OC(=O)CCC(=O)NCCC(C)(C)OCC(C)(C)OC)C1.CCCCCCCCCCCCCCCCCC(=O)OC. The van der Waals surface area contributed by atoms with Crippen molar-refractivity contribution in [3.63, 3.8) is 0 Å². The van der Waals surface area contributed by atoms with Crippen LogP contribution in [0.5, 0.6) is 0 Å². The Morgan fingerprint density at radius 1 is 0.523 bits per heavy atom. The van der Waals surface area contributed by atoms with Crippen molar-refractivity contribution in [1.29, 1.82) is 0 Å². The fourth-order valence-corrected chi connectivity index (χ4v) is 8.15.